The second-order valence-electron chi connectivity index (χ2n) is 1.87. The molecule has 1 heteroatoms. The van der Waals surface area contributed by atoms with Crippen LogP contribution >= 0.6 is 11.8 Å². The highest BCUT2D eigenvalue weighted by Gasteiger charge is 2.45. The van der Waals surface area contributed by atoms with Crippen LogP contribution in [0.1, 0.15) is 6.42 Å². The van der Waals surface area contributed by atoms with Gasteiger partial charge in [-0.05, 0) is 18.1 Å². The molecule has 2 atom stereocenters. The van der Waals surface area contributed by atoms with Gasteiger partial charge < -0.3 is 0 Å². The monoisotopic (exact) mass is 86.0 g/mol. The van der Waals surface area contributed by atoms with Crippen LogP contribution in [0.4, 0.5) is 0 Å². The minimum absolute atomic E-state index is 1.15. The van der Waals surface area contributed by atoms with Crippen LogP contribution in [0, 0.1) is 5.92 Å². The highest BCUT2D eigenvalue weighted by molar-refractivity contribution is 8.01. The molecule has 1 saturated carbocycles. The van der Waals surface area contributed by atoms with Crippen LogP contribution in [0.25, 0.3) is 0 Å². The maximum atomic E-state index is 2.13. The standard InChI is InChI=1S/C4H6S/c1-3-2-5-4(1)3/h3-4H,1-2H2. The van der Waals surface area contributed by atoms with Crippen molar-refractivity contribution < 1.29 is 0 Å². The van der Waals surface area contributed by atoms with Crippen LogP contribution in [0.2, 0.25) is 0 Å². The molecule has 0 aromatic heterocycles. The fourth-order valence-corrected chi connectivity index (χ4v) is 1.98. The van der Waals surface area contributed by atoms with Crippen molar-refractivity contribution in [2.75, 3.05) is 5.75 Å². The molecule has 5 heavy (non-hydrogen) atoms. The summed E-state index contributed by atoms with van der Waals surface area (Å²) in [4.78, 5) is 0. The van der Waals surface area contributed by atoms with Gasteiger partial charge in [-0.1, -0.05) is 0 Å². The van der Waals surface area contributed by atoms with Crippen LogP contribution < -0.4 is 0 Å². The first kappa shape index (κ1) is 2.51. The van der Waals surface area contributed by atoms with Crippen molar-refractivity contribution in [3.63, 3.8) is 0 Å². The lowest BCUT2D eigenvalue weighted by Gasteiger charge is -2.04. The average molecular weight is 86.2 g/mol. The van der Waals surface area contributed by atoms with E-state index in [1.807, 2.05) is 0 Å². The first-order valence-corrected chi connectivity index (χ1v) is 3.13. The number of hydrogen-bond donors (Lipinski definition) is 0. The van der Waals surface area contributed by atoms with Crippen molar-refractivity contribution in [1.82, 2.24) is 0 Å². The van der Waals surface area contributed by atoms with E-state index in [1.54, 1.807) is 6.42 Å². The summed E-state index contributed by atoms with van der Waals surface area (Å²) in [5.74, 6) is 2.67. The van der Waals surface area contributed by atoms with E-state index in [1.165, 1.54) is 11.7 Å². The summed E-state index contributed by atoms with van der Waals surface area (Å²) in [6.07, 6.45) is 1.55. The van der Waals surface area contributed by atoms with Gasteiger partial charge in [0, 0.05) is 5.25 Å². The van der Waals surface area contributed by atoms with Crippen molar-refractivity contribution in [3.8, 4) is 0 Å². The summed E-state index contributed by atoms with van der Waals surface area (Å²) >= 11 is 2.13. The molecule has 0 aromatic carbocycles. The predicted molar refractivity (Wildman–Crippen MR) is 24.4 cm³/mol. The first-order valence-electron chi connectivity index (χ1n) is 2.08. The summed E-state index contributed by atoms with van der Waals surface area (Å²) in [5, 5.41) is 1.15. The van der Waals surface area contributed by atoms with Gasteiger partial charge in [0.1, 0.15) is 0 Å². The summed E-state index contributed by atoms with van der Waals surface area (Å²) in [7, 11) is 0. The van der Waals surface area contributed by atoms with Gasteiger partial charge in [-0.3, -0.25) is 0 Å². The third kappa shape index (κ3) is 0.186. The zero-order valence-electron chi connectivity index (χ0n) is 2.98. The Morgan fingerprint density at radius 3 is 2.40 bits per heavy atom. The normalized spacial score (nSPS) is 57.6. The molecule has 0 bridgehead atoms. The molecule has 1 heterocycles. The van der Waals surface area contributed by atoms with Gasteiger partial charge in [0.05, 0.1) is 0 Å². The van der Waals surface area contributed by atoms with Gasteiger partial charge in [-0.15, -0.1) is 0 Å². The fraction of sp³-hybridized carbons (Fsp3) is 1.00. The Labute approximate surface area is 35.9 Å². The fourth-order valence-electron chi connectivity index (χ4n) is 0.724. The van der Waals surface area contributed by atoms with E-state index in [2.05, 4.69) is 11.8 Å². The molecule has 2 unspecified atom stereocenters. The Morgan fingerprint density at radius 2 is 2.40 bits per heavy atom. The van der Waals surface area contributed by atoms with E-state index in [9.17, 15) is 0 Å². The van der Waals surface area contributed by atoms with Crippen molar-refractivity contribution in [1.29, 1.82) is 0 Å². The first-order chi connectivity index (χ1) is 2.47. The minimum Gasteiger partial charge on any atom is -0.158 e. The van der Waals surface area contributed by atoms with E-state index >= 15 is 0 Å². The lowest BCUT2D eigenvalue weighted by atomic mass is 10.5. The summed E-state index contributed by atoms with van der Waals surface area (Å²) in [6.45, 7) is 0. The smallest absolute Gasteiger partial charge is 0.00870 e. The second kappa shape index (κ2) is 0.558. The number of thioether (sulfide) groups is 1. The van der Waals surface area contributed by atoms with Crippen LogP contribution in [0.15, 0.2) is 0 Å². The molecular weight excluding hydrogens is 80.1 g/mol. The SMILES string of the molecule is C1SC2CC12. The highest BCUT2D eigenvalue weighted by atomic mass is 32.2. The molecule has 1 aliphatic carbocycles. The van der Waals surface area contributed by atoms with E-state index in [0.717, 1.165) is 5.25 Å². The molecule has 1 aliphatic heterocycles. The van der Waals surface area contributed by atoms with Crippen LogP contribution in [0.3, 0.4) is 0 Å². The van der Waals surface area contributed by atoms with Crippen LogP contribution in [0.5, 0.6) is 0 Å². The number of fused-ring (bicyclic) bond motifs is 1. The summed E-state index contributed by atoms with van der Waals surface area (Å²) in [5.41, 5.74) is 0. The lowest BCUT2D eigenvalue weighted by Crippen LogP contribution is -1.98. The number of rotatable bonds is 0. The zero-order chi connectivity index (χ0) is 3.28. The van der Waals surface area contributed by atoms with Crippen molar-refractivity contribution in [3.05, 3.63) is 0 Å². The van der Waals surface area contributed by atoms with Gasteiger partial charge in [0.15, 0.2) is 0 Å². The third-order valence-corrected chi connectivity index (χ3v) is 3.01. The Hall–Kier alpha value is 0.350. The van der Waals surface area contributed by atoms with Crippen molar-refractivity contribution >= 4 is 11.8 Å². The maximum Gasteiger partial charge on any atom is 0.00870 e. The van der Waals surface area contributed by atoms with Crippen molar-refractivity contribution in [2.45, 2.75) is 11.7 Å². The van der Waals surface area contributed by atoms with Crippen LogP contribution in [-0.2, 0) is 0 Å². The molecule has 0 amide bonds. The van der Waals surface area contributed by atoms with Crippen LogP contribution in [-0.4, -0.2) is 11.0 Å². The summed E-state index contributed by atoms with van der Waals surface area (Å²) in [6, 6.07) is 0. The summed E-state index contributed by atoms with van der Waals surface area (Å²) < 4.78 is 0. The molecule has 0 radical (unpaired) electrons. The quantitative estimate of drug-likeness (QED) is 0.425. The van der Waals surface area contributed by atoms with Gasteiger partial charge in [-0.2, -0.15) is 11.8 Å². The molecule has 0 nitrogen and oxygen atoms in total. The highest BCUT2D eigenvalue weighted by Crippen LogP contribution is 2.53. The van der Waals surface area contributed by atoms with Gasteiger partial charge in [0.2, 0.25) is 0 Å². The Kier molecular flexibility index (Phi) is 0.280. The van der Waals surface area contributed by atoms with E-state index in [0.29, 0.717) is 0 Å². The van der Waals surface area contributed by atoms with Gasteiger partial charge in [0.25, 0.3) is 0 Å². The molecule has 0 aromatic rings. The second-order valence-corrected chi connectivity index (χ2v) is 3.14. The molecule has 2 aliphatic rings. The molecule has 1 saturated heterocycles. The zero-order valence-corrected chi connectivity index (χ0v) is 3.79. The molecule has 28 valence electrons. The Morgan fingerprint density at radius 1 is 1.60 bits per heavy atom. The lowest BCUT2D eigenvalue weighted by molar-refractivity contribution is 0.967. The Balaban J connectivity index is 2.19. The number of hydrogen-bond acceptors (Lipinski definition) is 1. The van der Waals surface area contributed by atoms with E-state index < -0.39 is 0 Å². The van der Waals surface area contributed by atoms with E-state index in [4.69, 9.17) is 0 Å². The predicted octanol–water partition coefficient (Wildman–Crippen LogP) is 1.12. The Bertz CT molecular complexity index is 48.7. The average Bonchev–Trinajstić information content (AvgIpc) is 1.74. The van der Waals surface area contributed by atoms with E-state index in [-0.39, 0.29) is 0 Å². The minimum atomic E-state index is 1.15. The molecule has 0 spiro atoms. The topological polar surface area (TPSA) is 0 Å². The van der Waals surface area contributed by atoms with Gasteiger partial charge >= 0.3 is 0 Å². The van der Waals surface area contributed by atoms with Crippen molar-refractivity contribution in [2.24, 2.45) is 5.92 Å². The molecule has 0 N–H and O–H groups in total. The molecule has 2 fully saturated rings. The largest absolute Gasteiger partial charge is 0.158 e. The maximum absolute atomic E-state index is 2.13. The molecule has 2 rings (SSSR count). The third-order valence-electron chi connectivity index (χ3n) is 1.38. The molecular formula is C4H6S. The van der Waals surface area contributed by atoms with Gasteiger partial charge in [-0.25, -0.2) is 0 Å².